The number of esters is 1. The van der Waals surface area contributed by atoms with Gasteiger partial charge in [-0.05, 0) is 134 Å². The molecule has 5 saturated carbocycles. The lowest BCUT2D eigenvalue weighted by atomic mass is 9.32. The van der Waals surface area contributed by atoms with Crippen LogP contribution in [0.4, 0.5) is 0 Å². The van der Waals surface area contributed by atoms with Gasteiger partial charge in [0.1, 0.15) is 12.4 Å². The summed E-state index contributed by atoms with van der Waals surface area (Å²) in [5.41, 5.74) is 1.65. The molecule has 0 amide bonds. The van der Waals surface area contributed by atoms with E-state index in [4.69, 9.17) is 4.74 Å². The summed E-state index contributed by atoms with van der Waals surface area (Å²) in [5.74, 6) is 1.92. The monoisotopic (exact) mass is 610 g/mol. The Hall–Kier alpha value is -1.65. The molecule has 0 aromatic heterocycles. The van der Waals surface area contributed by atoms with Gasteiger partial charge in [-0.25, -0.2) is 0 Å². The Labute approximate surface area is 267 Å². The van der Waals surface area contributed by atoms with Crippen molar-refractivity contribution in [2.24, 2.45) is 62.1 Å². The predicted molar refractivity (Wildman–Crippen MR) is 175 cm³/mol. The SMILES string of the molecule is C=C(C)[C@@H]1CC[C@]2(CCC=O)CC[C@]3(C)[C@H](CCC4[C@@]5(C)CC[C@H](OC(=O)CC(C)(C)CC(=O)O)C(C)(C)[C@@H]5CC[C@]43C)[C@@H]12. The van der Waals surface area contributed by atoms with Gasteiger partial charge < -0.3 is 14.6 Å². The molecule has 0 heterocycles. The van der Waals surface area contributed by atoms with Crippen LogP contribution in [0.3, 0.4) is 0 Å². The first-order valence-corrected chi connectivity index (χ1v) is 17.9. The van der Waals surface area contributed by atoms with Gasteiger partial charge in [-0.3, -0.25) is 9.59 Å². The number of allylic oxidation sites excluding steroid dienone is 1. The fourth-order valence-corrected chi connectivity index (χ4v) is 13.3. The highest BCUT2D eigenvalue weighted by Crippen LogP contribution is 2.78. The van der Waals surface area contributed by atoms with Crippen molar-refractivity contribution in [2.45, 2.75) is 151 Å². The largest absolute Gasteiger partial charge is 0.481 e. The normalized spacial score (nSPS) is 44.4. The zero-order chi connectivity index (χ0) is 32.5. The highest BCUT2D eigenvalue weighted by atomic mass is 16.5. The third-order valence-corrected chi connectivity index (χ3v) is 15.5. The van der Waals surface area contributed by atoms with E-state index < -0.39 is 11.4 Å². The smallest absolute Gasteiger partial charge is 0.306 e. The van der Waals surface area contributed by atoms with Crippen LogP contribution in [0.25, 0.3) is 0 Å². The molecule has 5 nitrogen and oxygen atoms in total. The number of carbonyl (C=O) groups is 3. The minimum Gasteiger partial charge on any atom is -0.481 e. The van der Waals surface area contributed by atoms with Crippen molar-refractivity contribution in [3.05, 3.63) is 12.2 Å². The molecule has 5 heteroatoms. The van der Waals surface area contributed by atoms with Crippen LogP contribution in [0, 0.1) is 62.1 Å². The van der Waals surface area contributed by atoms with Gasteiger partial charge in [0, 0.05) is 11.8 Å². The number of aldehydes is 1. The number of aliphatic carboxylic acids is 1. The molecule has 10 atom stereocenters. The lowest BCUT2D eigenvalue weighted by molar-refractivity contribution is -0.250. The molecular weight excluding hydrogens is 548 g/mol. The molecular formula is C39H62O5. The van der Waals surface area contributed by atoms with Gasteiger partial charge in [-0.2, -0.15) is 0 Å². The number of hydrogen-bond donors (Lipinski definition) is 1. The van der Waals surface area contributed by atoms with E-state index in [-0.39, 0.29) is 46.6 Å². The Morgan fingerprint density at radius 2 is 1.59 bits per heavy atom. The molecule has 0 aromatic carbocycles. The van der Waals surface area contributed by atoms with Crippen molar-refractivity contribution in [1.29, 1.82) is 0 Å². The summed E-state index contributed by atoms with van der Waals surface area (Å²) < 4.78 is 6.24. The van der Waals surface area contributed by atoms with Crippen molar-refractivity contribution in [1.82, 2.24) is 0 Å². The topological polar surface area (TPSA) is 80.7 Å². The summed E-state index contributed by atoms with van der Waals surface area (Å²) in [6, 6.07) is 0. The Bertz CT molecular complexity index is 1170. The van der Waals surface area contributed by atoms with Crippen LogP contribution in [0.15, 0.2) is 12.2 Å². The molecule has 5 fully saturated rings. The Kier molecular flexibility index (Phi) is 8.62. The van der Waals surface area contributed by atoms with E-state index >= 15 is 0 Å². The van der Waals surface area contributed by atoms with E-state index in [1.165, 1.54) is 56.9 Å². The summed E-state index contributed by atoms with van der Waals surface area (Å²) >= 11 is 0. The molecule has 0 aromatic rings. The molecule has 0 aliphatic heterocycles. The van der Waals surface area contributed by atoms with E-state index in [2.05, 4.69) is 48.1 Å². The summed E-state index contributed by atoms with van der Waals surface area (Å²) in [5, 5.41) is 9.29. The third-order valence-electron chi connectivity index (χ3n) is 15.5. The van der Waals surface area contributed by atoms with Crippen molar-refractivity contribution in [3.63, 3.8) is 0 Å². The van der Waals surface area contributed by atoms with E-state index in [0.29, 0.717) is 41.4 Å². The molecule has 0 spiro atoms. The van der Waals surface area contributed by atoms with Crippen molar-refractivity contribution >= 4 is 18.2 Å². The number of ether oxygens (including phenoxy) is 1. The molecule has 44 heavy (non-hydrogen) atoms. The second-order valence-electron chi connectivity index (χ2n) is 18.5. The third kappa shape index (κ3) is 5.13. The maximum absolute atomic E-state index is 13.1. The van der Waals surface area contributed by atoms with Crippen molar-refractivity contribution in [3.8, 4) is 0 Å². The molecule has 5 aliphatic rings. The number of carboxylic acid groups (broad SMARTS) is 1. The van der Waals surface area contributed by atoms with Crippen LogP contribution in [0.2, 0.25) is 0 Å². The van der Waals surface area contributed by atoms with Crippen LogP contribution < -0.4 is 0 Å². The molecule has 5 aliphatic carbocycles. The van der Waals surface area contributed by atoms with Crippen LogP contribution in [-0.2, 0) is 19.1 Å². The molecule has 0 radical (unpaired) electrons. The lowest BCUT2D eigenvalue weighted by Crippen LogP contribution is -2.66. The highest BCUT2D eigenvalue weighted by Gasteiger charge is 2.71. The predicted octanol–water partition coefficient (Wildman–Crippen LogP) is 9.43. The summed E-state index contributed by atoms with van der Waals surface area (Å²) in [7, 11) is 0. The van der Waals surface area contributed by atoms with Crippen molar-refractivity contribution < 1.29 is 24.2 Å². The summed E-state index contributed by atoms with van der Waals surface area (Å²) in [6.07, 6.45) is 14.8. The number of fused-ring (bicyclic) bond motifs is 7. The second kappa shape index (κ2) is 11.3. The number of hydrogen-bond acceptors (Lipinski definition) is 4. The van der Waals surface area contributed by atoms with E-state index in [0.717, 1.165) is 25.5 Å². The minimum atomic E-state index is -0.877. The van der Waals surface area contributed by atoms with Gasteiger partial charge in [-0.1, -0.05) is 60.6 Å². The van der Waals surface area contributed by atoms with Crippen LogP contribution in [0.1, 0.15) is 145 Å². The average molecular weight is 611 g/mol. The zero-order valence-electron chi connectivity index (χ0n) is 29.2. The second-order valence-corrected chi connectivity index (χ2v) is 18.5. The number of rotatable bonds is 9. The standard InChI is InChI=1S/C39H62O5/c1-25(2)26-13-19-39(16-10-22-40)21-20-37(8)27(33(26)39)11-12-29-36(7)17-15-30(35(5,6)28(36)14-18-38(29,37)9)44-32(43)24-34(3,4)23-31(41)42/h22,26-30,33H,1,10-21,23-24H2,2-9H3,(H,41,42)/t26-,27+,28-,29?,30-,33+,36-,37+,38+,39+/m0/s1. The van der Waals surface area contributed by atoms with Gasteiger partial charge in [0.2, 0.25) is 0 Å². The van der Waals surface area contributed by atoms with Crippen LogP contribution in [0.5, 0.6) is 0 Å². The fraction of sp³-hybridized carbons (Fsp3) is 0.872. The first-order chi connectivity index (χ1) is 20.4. The molecule has 0 saturated heterocycles. The van der Waals surface area contributed by atoms with E-state index in [1.54, 1.807) is 0 Å². The number of carboxylic acids is 1. The Morgan fingerprint density at radius 3 is 2.23 bits per heavy atom. The Balaban J connectivity index is 1.39. The maximum Gasteiger partial charge on any atom is 0.306 e. The molecule has 0 bridgehead atoms. The molecule has 248 valence electrons. The van der Waals surface area contributed by atoms with Crippen LogP contribution >= 0.6 is 0 Å². The maximum atomic E-state index is 13.1. The quantitative estimate of drug-likeness (QED) is 0.160. The van der Waals surface area contributed by atoms with E-state index in [1.807, 2.05) is 13.8 Å². The zero-order valence-corrected chi connectivity index (χ0v) is 29.2. The first-order valence-electron chi connectivity index (χ1n) is 17.9. The molecule has 5 rings (SSSR count). The van der Waals surface area contributed by atoms with Gasteiger partial charge in [0.05, 0.1) is 12.8 Å². The Morgan fingerprint density at radius 1 is 0.886 bits per heavy atom. The average Bonchev–Trinajstić information content (AvgIpc) is 3.28. The van der Waals surface area contributed by atoms with Crippen molar-refractivity contribution in [2.75, 3.05) is 0 Å². The summed E-state index contributed by atoms with van der Waals surface area (Å²) in [6.45, 7) is 23.0. The van der Waals surface area contributed by atoms with Gasteiger partial charge >= 0.3 is 11.9 Å². The fourth-order valence-electron chi connectivity index (χ4n) is 13.3. The first kappa shape index (κ1) is 33.7. The van der Waals surface area contributed by atoms with Gasteiger partial charge in [-0.15, -0.1) is 0 Å². The number of carbonyl (C=O) groups excluding carboxylic acids is 2. The highest BCUT2D eigenvalue weighted by molar-refractivity contribution is 5.73. The minimum absolute atomic E-state index is 0.0386. The van der Waals surface area contributed by atoms with Gasteiger partial charge in [0.15, 0.2) is 0 Å². The van der Waals surface area contributed by atoms with Crippen LogP contribution in [-0.4, -0.2) is 29.4 Å². The van der Waals surface area contributed by atoms with Gasteiger partial charge in [0.25, 0.3) is 0 Å². The van der Waals surface area contributed by atoms with E-state index in [9.17, 15) is 19.5 Å². The lowest BCUT2D eigenvalue weighted by Gasteiger charge is -2.73. The summed E-state index contributed by atoms with van der Waals surface area (Å²) in [4.78, 5) is 36.0. The molecule has 1 unspecified atom stereocenters. The molecule has 1 N–H and O–H groups in total.